The van der Waals surface area contributed by atoms with E-state index in [1.54, 1.807) is 37.3 Å². The number of hydrogen-bond acceptors (Lipinski definition) is 6. The van der Waals surface area contributed by atoms with Crippen molar-refractivity contribution in [3.63, 3.8) is 0 Å². The van der Waals surface area contributed by atoms with E-state index < -0.39 is 5.97 Å². The monoisotopic (exact) mass is 336 g/mol. The van der Waals surface area contributed by atoms with E-state index in [-0.39, 0.29) is 17.3 Å². The molecule has 0 spiro atoms. The lowest BCUT2D eigenvalue weighted by molar-refractivity contribution is 0.0700. The summed E-state index contributed by atoms with van der Waals surface area (Å²) in [6.45, 7) is 1.71. The van der Waals surface area contributed by atoms with Crippen LogP contribution in [0, 0.1) is 6.92 Å². The molecule has 0 unspecified atom stereocenters. The van der Waals surface area contributed by atoms with Crippen LogP contribution in [0.5, 0.6) is 11.5 Å². The summed E-state index contributed by atoms with van der Waals surface area (Å²) in [5.74, 6) is 0.554. The molecule has 0 saturated heterocycles. The largest absolute Gasteiger partial charge is 0.465 e. The van der Waals surface area contributed by atoms with Gasteiger partial charge in [0, 0.05) is 11.6 Å². The summed E-state index contributed by atoms with van der Waals surface area (Å²) in [6, 6.07) is 9.67. The Morgan fingerprint density at radius 2 is 1.88 bits per heavy atom. The van der Waals surface area contributed by atoms with Crippen LogP contribution in [0.3, 0.4) is 0 Å². The summed E-state index contributed by atoms with van der Waals surface area (Å²) in [4.78, 5) is 24.5. The van der Waals surface area contributed by atoms with Crippen molar-refractivity contribution in [1.82, 2.24) is 0 Å². The molecule has 25 heavy (non-hydrogen) atoms. The molecule has 1 aliphatic heterocycles. The topological polar surface area (TPSA) is 78.9 Å². The number of ether oxygens (including phenoxy) is 2. The van der Waals surface area contributed by atoms with E-state index in [0.29, 0.717) is 28.4 Å². The van der Waals surface area contributed by atoms with Gasteiger partial charge in [-0.05, 0) is 43.3 Å². The number of furan rings is 2. The van der Waals surface area contributed by atoms with E-state index in [1.165, 1.54) is 24.7 Å². The molecular formula is C19H12O6. The van der Waals surface area contributed by atoms with Crippen molar-refractivity contribution in [2.45, 2.75) is 6.92 Å². The molecule has 1 aromatic carbocycles. The molecule has 0 aliphatic carbocycles. The Morgan fingerprint density at radius 1 is 1.08 bits per heavy atom. The van der Waals surface area contributed by atoms with Gasteiger partial charge in [-0.3, -0.25) is 4.79 Å². The molecule has 6 heteroatoms. The van der Waals surface area contributed by atoms with Crippen LogP contribution in [0.1, 0.15) is 32.2 Å². The maximum atomic E-state index is 12.4. The number of hydrogen-bond donors (Lipinski definition) is 0. The van der Waals surface area contributed by atoms with Crippen LogP contribution in [0.2, 0.25) is 0 Å². The van der Waals surface area contributed by atoms with Crippen molar-refractivity contribution in [2.24, 2.45) is 0 Å². The number of esters is 1. The lowest BCUT2D eigenvalue weighted by Crippen LogP contribution is -2.08. The minimum absolute atomic E-state index is 0.0929. The molecule has 2 aromatic heterocycles. The molecule has 3 aromatic rings. The number of carbonyl (C=O) groups excluding carboxylic acids is 2. The molecule has 3 heterocycles. The van der Waals surface area contributed by atoms with E-state index in [2.05, 4.69) is 0 Å². The summed E-state index contributed by atoms with van der Waals surface area (Å²) in [5.41, 5.74) is 0.960. The fourth-order valence-electron chi connectivity index (χ4n) is 2.53. The Morgan fingerprint density at radius 3 is 2.60 bits per heavy atom. The smallest absolute Gasteiger partial charge is 0.379 e. The van der Waals surface area contributed by atoms with Crippen LogP contribution >= 0.6 is 0 Å². The van der Waals surface area contributed by atoms with Gasteiger partial charge in [-0.25, -0.2) is 4.79 Å². The minimum Gasteiger partial charge on any atom is -0.465 e. The van der Waals surface area contributed by atoms with E-state index in [4.69, 9.17) is 18.3 Å². The molecule has 0 amide bonds. The van der Waals surface area contributed by atoms with Crippen molar-refractivity contribution in [3.05, 3.63) is 77.3 Å². The van der Waals surface area contributed by atoms with Crippen LogP contribution in [0.15, 0.2) is 63.5 Å². The van der Waals surface area contributed by atoms with Gasteiger partial charge in [-0.15, -0.1) is 0 Å². The number of allylic oxidation sites excluding steroid dienone is 1. The number of fused-ring (bicyclic) bond motifs is 1. The van der Waals surface area contributed by atoms with Gasteiger partial charge in [0.05, 0.1) is 18.1 Å². The maximum Gasteiger partial charge on any atom is 0.379 e. The summed E-state index contributed by atoms with van der Waals surface area (Å²) < 4.78 is 21.2. The highest BCUT2D eigenvalue weighted by molar-refractivity contribution is 6.14. The molecule has 124 valence electrons. The average molecular weight is 336 g/mol. The highest BCUT2D eigenvalue weighted by Gasteiger charge is 2.31. The first kappa shape index (κ1) is 15.0. The third-order valence-corrected chi connectivity index (χ3v) is 3.78. The van der Waals surface area contributed by atoms with Gasteiger partial charge in [0.25, 0.3) is 0 Å². The first-order valence-corrected chi connectivity index (χ1v) is 7.50. The normalized spacial score (nSPS) is 14.4. The SMILES string of the molecule is Cc1c(OC(=O)c2ccco2)ccc2c1O/C(=C/c1ccco1)C2=O. The van der Waals surface area contributed by atoms with Gasteiger partial charge in [0.2, 0.25) is 11.5 Å². The summed E-state index contributed by atoms with van der Waals surface area (Å²) in [5, 5.41) is 0. The number of benzene rings is 1. The number of carbonyl (C=O) groups is 2. The number of rotatable bonds is 3. The highest BCUT2D eigenvalue weighted by Crippen LogP contribution is 2.39. The highest BCUT2D eigenvalue weighted by atomic mass is 16.5. The molecular weight excluding hydrogens is 324 g/mol. The first-order valence-electron chi connectivity index (χ1n) is 7.50. The molecule has 0 bridgehead atoms. The number of ketones is 1. The Kier molecular flexibility index (Phi) is 3.50. The lowest BCUT2D eigenvalue weighted by Gasteiger charge is -2.09. The van der Waals surface area contributed by atoms with E-state index >= 15 is 0 Å². The second-order valence-electron chi connectivity index (χ2n) is 5.39. The van der Waals surface area contributed by atoms with Crippen LogP contribution in [-0.2, 0) is 0 Å². The number of Topliss-reactive ketones (excluding diaryl/α,β-unsaturated/α-hetero) is 1. The summed E-state index contributed by atoms with van der Waals surface area (Å²) in [7, 11) is 0. The van der Waals surface area contributed by atoms with E-state index in [0.717, 1.165) is 0 Å². The minimum atomic E-state index is -0.622. The second-order valence-corrected chi connectivity index (χ2v) is 5.39. The van der Waals surface area contributed by atoms with E-state index in [1.807, 2.05) is 0 Å². The molecule has 1 aliphatic rings. The summed E-state index contributed by atoms with van der Waals surface area (Å²) in [6.07, 6.45) is 4.42. The molecule has 0 N–H and O–H groups in total. The predicted molar refractivity (Wildman–Crippen MR) is 86.5 cm³/mol. The molecule has 0 saturated carbocycles. The van der Waals surface area contributed by atoms with Gasteiger partial charge >= 0.3 is 5.97 Å². The second kappa shape index (κ2) is 5.83. The van der Waals surface area contributed by atoms with Gasteiger partial charge in [0.15, 0.2) is 5.76 Å². The maximum absolute atomic E-state index is 12.4. The quantitative estimate of drug-likeness (QED) is 0.408. The van der Waals surface area contributed by atoms with Crippen molar-refractivity contribution >= 4 is 17.8 Å². The van der Waals surface area contributed by atoms with Crippen LogP contribution in [-0.4, -0.2) is 11.8 Å². The Labute approximate surface area is 142 Å². The molecule has 0 atom stereocenters. The fourth-order valence-corrected chi connectivity index (χ4v) is 2.53. The van der Waals surface area contributed by atoms with Gasteiger partial charge in [-0.1, -0.05) is 0 Å². The fraction of sp³-hybridized carbons (Fsp3) is 0.0526. The molecule has 0 radical (unpaired) electrons. The van der Waals surface area contributed by atoms with Gasteiger partial charge < -0.3 is 18.3 Å². The molecule has 6 nitrogen and oxygen atoms in total. The predicted octanol–water partition coefficient (Wildman–Crippen LogP) is 4.02. The van der Waals surface area contributed by atoms with Gasteiger partial charge in [0.1, 0.15) is 17.3 Å². The Bertz CT molecular complexity index is 977. The molecule has 0 fully saturated rings. The Hall–Kier alpha value is -3.54. The van der Waals surface area contributed by atoms with Crippen molar-refractivity contribution < 1.29 is 27.9 Å². The summed E-state index contributed by atoms with van der Waals surface area (Å²) >= 11 is 0. The Balaban J connectivity index is 1.64. The van der Waals surface area contributed by atoms with Crippen LogP contribution in [0.25, 0.3) is 6.08 Å². The molecule has 4 rings (SSSR count). The lowest BCUT2D eigenvalue weighted by atomic mass is 10.1. The van der Waals surface area contributed by atoms with Crippen LogP contribution < -0.4 is 9.47 Å². The standard InChI is InChI=1S/C19H12O6/c1-11-14(25-19(21)15-5-3-9-23-15)7-6-13-17(20)16(24-18(11)13)10-12-4-2-8-22-12/h2-10H,1H3/b16-10+. The van der Waals surface area contributed by atoms with Gasteiger partial charge in [-0.2, -0.15) is 0 Å². The first-order chi connectivity index (χ1) is 12.1. The van der Waals surface area contributed by atoms with Crippen molar-refractivity contribution in [1.29, 1.82) is 0 Å². The van der Waals surface area contributed by atoms with E-state index in [9.17, 15) is 9.59 Å². The average Bonchev–Trinajstić information content (AvgIpc) is 3.34. The zero-order valence-corrected chi connectivity index (χ0v) is 13.1. The zero-order chi connectivity index (χ0) is 17.4. The third-order valence-electron chi connectivity index (χ3n) is 3.78. The van der Waals surface area contributed by atoms with Crippen molar-refractivity contribution in [3.8, 4) is 11.5 Å². The zero-order valence-electron chi connectivity index (χ0n) is 13.1. The van der Waals surface area contributed by atoms with Crippen molar-refractivity contribution in [2.75, 3.05) is 0 Å². The third kappa shape index (κ3) is 2.63. The van der Waals surface area contributed by atoms with Crippen LogP contribution in [0.4, 0.5) is 0 Å².